The van der Waals surface area contributed by atoms with E-state index in [-0.39, 0.29) is 19.1 Å². The van der Waals surface area contributed by atoms with Crippen LogP contribution in [0.25, 0.3) is 0 Å². The van der Waals surface area contributed by atoms with Crippen LogP contribution in [0, 0.1) is 0 Å². The molecule has 94 valence electrons. The Balaban J connectivity index is 2.83. The van der Waals surface area contributed by atoms with Gasteiger partial charge in [0.25, 0.3) is 0 Å². The number of carbonyl (C=O) groups is 1. The van der Waals surface area contributed by atoms with E-state index in [0.29, 0.717) is 0 Å². The fourth-order valence-electron chi connectivity index (χ4n) is 1.12. The Morgan fingerprint density at radius 3 is 2.47 bits per heavy atom. The minimum atomic E-state index is -0.598. The van der Waals surface area contributed by atoms with Gasteiger partial charge < -0.3 is 9.84 Å². The van der Waals surface area contributed by atoms with Gasteiger partial charge in [0.1, 0.15) is 5.60 Å². The minimum Gasteiger partial charge on any atom is -0.443 e. The zero-order valence-corrected chi connectivity index (χ0v) is 10.3. The van der Waals surface area contributed by atoms with Crippen molar-refractivity contribution in [2.45, 2.75) is 26.4 Å². The zero-order valence-electron chi connectivity index (χ0n) is 10.3. The van der Waals surface area contributed by atoms with Crippen molar-refractivity contribution < 1.29 is 14.6 Å². The molecule has 1 amide bonds. The molecular formula is C11H17N3O3. The molecule has 1 aromatic rings. The third-order valence-corrected chi connectivity index (χ3v) is 1.73. The summed E-state index contributed by atoms with van der Waals surface area (Å²) in [5.74, 6) is 0.218. The molecule has 1 rings (SSSR count). The fourth-order valence-corrected chi connectivity index (χ4v) is 1.12. The maximum atomic E-state index is 11.9. The number of hydrogen-bond donors (Lipinski definition) is 1. The van der Waals surface area contributed by atoms with Gasteiger partial charge in [0, 0.05) is 12.4 Å². The average Bonchev–Trinajstić information content (AvgIpc) is 2.24. The number of ether oxygens (including phenoxy) is 1. The minimum absolute atomic E-state index is 0.0962. The number of aromatic nitrogens is 2. The number of aliphatic hydroxyl groups excluding tert-OH is 1. The molecule has 0 saturated heterocycles. The maximum absolute atomic E-state index is 11.9. The van der Waals surface area contributed by atoms with E-state index < -0.39 is 11.7 Å². The average molecular weight is 239 g/mol. The van der Waals surface area contributed by atoms with Crippen LogP contribution >= 0.6 is 0 Å². The number of nitrogens with zero attached hydrogens (tertiary/aromatic N) is 3. The Kier molecular flexibility index (Phi) is 4.39. The first kappa shape index (κ1) is 13.4. The normalized spacial score (nSPS) is 11.1. The van der Waals surface area contributed by atoms with Crippen LogP contribution in [0.4, 0.5) is 10.7 Å². The van der Waals surface area contributed by atoms with E-state index in [4.69, 9.17) is 9.84 Å². The Morgan fingerprint density at radius 1 is 1.41 bits per heavy atom. The van der Waals surface area contributed by atoms with Gasteiger partial charge in [-0.1, -0.05) is 0 Å². The molecular weight excluding hydrogens is 222 g/mol. The monoisotopic (exact) mass is 239 g/mol. The Labute approximate surface area is 100 Å². The van der Waals surface area contributed by atoms with E-state index in [1.54, 1.807) is 26.8 Å². The lowest BCUT2D eigenvalue weighted by Gasteiger charge is -2.25. The van der Waals surface area contributed by atoms with Crippen molar-refractivity contribution in [3.63, 3.8) is 0 Å². The molecule has 1 aromatic heterocycles. The van der Waals surface area contributed by atoms with E-state index in [1.165, 1.54) is 17.3 Å². The third-order valence-electron chi connectivity index (χ3n) is 1.73. The highest BCUT2D eigenvalue weighted by Gasteiger charge is 2.24. The lowest BCUT2D eigenvalue weighted by Crippen LogP contribution is -2.39. The topological polar surface area (TPSA) is 75.5 Å². The number of amides is 1. The van der Waals surface area contributed by atoms with Gasteiger partial charge in [-0.3, -0.25) is 0 Å². The Morgan fingerprint density at radius 2 is 2.00 bits per heavy atom. The summed E-state index contributed by atoms with van der Waals surface area (Å²) in [6.07, 6.45) is 2.48. The lowest BCUT2D eigenvalue weighted by molar-refractivity contribution is 0.0571. The smallest absolute Gasteiger partial charge is 0.417 e. The third kappa shape index (κ3) is 4.36. The molecule has 0 aliphatic carbocycles. The first-order valence-corrected chi connectivity index (χ1v) is 5.32. The molecule has 1 N–H and O–H groups in total. The zero-order chi connectivity index (χ0) is 12.9. The van der Waals surface area contributed by atoms with Crippen LogP contribution in [0.3, 0.4) is 0 Å². The van der Waals surface area contributed by atoms with Gasteiger partial charge >= 0.3 is 6.09 Å². The van der Waals surface area contributed by atoms with Crippen LogP contribution in [0.2, 0.25) is 0 Å². The van der Waals surface area contributed by atoms with Gasteiger partial charge in [-0.2, -0.15) is 0 Å². The van der Waals surface area contributed by atoms with Gasteiger partial charge in [0.05, 0.1) is 13.2 Å². The summed E-state index contributed by atoms with van der Waals surface area (Å²) in [4.78, 5) is 21.0. The summed E-state index contributed by atoms with van der Waals surface area (Å²) < 4.78 is 5.20. The van der Waals surface area contributed by atoms with E-state index in [9.17, 15) is 4.79 Å². The molecule has 17 heavy (non-hydrogen) atoms. The van der Waals surface area contributed by atoms with Crippen molar-refractivity contribution in [2.24, 2.45) is 0 Å². The summed E-state index contributed by atoms with van der Waals surface area (Å²) in [6.45, 7) is 5.23. The molecule has 6 nitrogen and oxygen atoms in total. The highest BCUT2D eigenvalue weighted by Crippen LogP contribution is 2.13. The van der Waals surface area contributed by atoms with E-state index in [0.717, 1.165) is 0 Å². The second-order valence-electron chi connectivity index (χ2n) is 4.40. The van der Waals surface area contributed by atoms with Crippen LogP contribution in [0.1, 0.15) is 20.8 Å². The molecule has 0 aliphatic heterocycles. The number of anilines is 1. The first-order chi connectivity index (χ1) is 7.94. The van der Waals surface area contributed by atoms with Crippen molar-refractivity contribution in [3.05, 3.63) is 18.5 Å². The van der Waals surface area contributed by atoms with Gasteiger partial charge in [-0.05, 0) is 26.8 Å². The quantitative estimate of drug-likeness (QED) is 0.858. The van der Waals surface area contributed by atoms with Crippen molar-refractivity contribution in [3.8, 4) is 0 Å². The number of aliphatic hydroxyl groups is 1. The molecule has 0 aromatic carbocycles. The van der Waals surface area contributed by atoms with Crippen LogP contribution in [-0.4, -0.2) is 39.9 Å². The summed E-state index contributed by atoms with van der Waals surface area (Å²) in [5.41, 5.74) is -0.598. The molecule has 0 saturated carbocycles. The summed E-state index contributed by atoms with van der Waals surface area (Å²) >= 11 is 0. The maximum Gasteiger partial charge on any atom is 0.417 e. The number of hydrogen-bond acceptors (Lipinski definition) is 5. The molecule has 0 atom stereocenters. The van der Waals surface area contributed by atoms with E-state index >= 15 is 0 Å². The highest BCUT2D eigenvalue weighted by atomic mass is 16.6. The predicted octanol–water partition coefficient (Wildman–Crippen LogP) is 1.21. The molecule has 0 radical (unpaired) electrons. The Bertz CT molecular complexity index is 362. The lowest BCUT2D eigenvalue weighted by atomic mass is 10.2. The Hall–Kier alpha value is -1.69. The van der Waals surface area contributed by atoms with E-state index in [2.05, 4.69) is 9.97 Å². The SMILES string of the molecule is CC(C)(C)OC(=O)N(CCO)c1ncccn1. The van der Waals surface area contributed by atoms with Crippen LogP contribution in [0.5, 0.6) is 0 Å². The van der Waals surface area contributed by atoms with Gasteiger partial charge in [0.2, 0.25) is 5.95 Å². The standard InChI is InChI=1S/C11H17N3O3/c1-11(2,3)17-10(16)14(7-8-15)9-12-5-4-6-13-9/h4-6,15H,7-8H2,1-3H3. The van der Waals surface area contributed by atoms with Gasteiger partial charge in [0.15, 0.2) is 0 Å². The van der Waals surface area contributed by atoms with Crippen molar-refractivity contribution in [1.82, 2.24) is 9.97 Å². The predicted molar refractivity (Wildman–Crippen MR) is 62.7 cm³/mol. The van der Waals surface area contributed by atoms with Crippen LogP contribution < -0.4 is 4.90 Å². The summed E-state index contributed by atoms with van der Waals surface area (Å²) in [5, 5.41) is 8.94. The largest absolute Gasteiger partial charge is 0.443 e. The second kappa shape index (κ2) is 5.58. The summed E-state index contributed by atoms with van der Waals surface area (Å²) in [6, 6.07) is 1.65. The highest BCUT2D eigenvalue weighted by molar-refractivity contribution is 5.85. The molecule has 0 bridgehead atoms. The molecule has 0 aliphatic rings. The van der Waals surface area contributed by atoms with Crippen molar-refractivity contribution in [2.75, 3.05) is 18.1 Å². The fraction of sp³-hybridized carbons (Fsp3) is 0.545. The number of carbonyl (C=O) groups excluding carboxylic acids is 1. The first-order valence-electron chi connectivity index (χ1n) is 5.32. The van der Waals surface area contributed by atoms with Crippen molar-refractivity contribution >= 4 is 12.0 Å². The van der Waals surface area contributed by atoms with Crippen LogP contribution in [-0.2, 0) is 4.74 Å². The van der Waals surface area contributed by atoms with E-state index in [1.807, 2.05) is 0 Å². The van der Waals surface area contributed by atoms with Crippen LogP contribution in [0.15, 0.2) is 18.5 Å². The van der Waals surface area contributed by atoms with Gasteiger partial charge in [-0.15, -0.1) is 0 Å². The molecule has 0 spiro atoms. The second-order valence-corrected chi connectivity index (χ2v) is 4.40. The molecule has 1 heterocycles. The molecule has 0 fully saturated rings. The van der Waals surface area contributed by atoms with Crippen molar-refractivity contribution in [1.29, 1.82) is 0 Å². The summed E-state index contributed by atoms with van der Waals surface area (Å²) in [7, 11) is 0. The number of rotatable bonds is 3. The van der Waals surface area contributed by atoms with Gasteiger partial charge in [-0.25, -0.2) is 19.7 Å². The molecule has 6 heteroatoms. The molecule has 0 unspecified atom stereocenters.